The molecular formula is C16H16N2O2. The van der Waals surface area contributed by atoms with E-state index in [2.05, 4.69) is 5.32 Å². The van der Waals surface area contributed by atoms with Crippen LogP contribution in [0.1, 0.15) is 26.3 Å². The highest BCUT2D eigenvalue weighted by molar-refractivity contribution is 6.15. The SMILES string of the molecule is NCCNC(=O)c1ccccc1C(=O)c1ccccc1. The van der Waals surface area contributed by atoms with Gasteiger partial charge in [0, 0.05) is 24.2 Å². The van der Waals surface area contributed by atoms with Gasteiger partial charge in [0.2, 0.25) is 0 Å². The third-order valence-corrected chi connectivity index (χ3v) is 2.88. The van der Waals surface area contributed by atoms with Crippen molar-refractivity contribution in [1.82, 2.24) is 5.32 Å². The second-order valence-corrected chi connectivity index (χ2v) is 4.29. The molecule has 2 aromatic carbocycles. The van der Waals surface area contributed by atoms with Gasteiger partial charge < -0.3 is 11.1 Å². The van der Waals surface area contributed by atoms with Crippen molar-refractivity contribution in [2.75, 3.05) is 13.1 Å². The first-order valence-electron chi connectivity index (χ1n) is 6.41. The van der Waals surface area contributed by atoms with Gasteiger partial charge in [-0.05, 0) is 6.07 Å². The van der Waals surface area contributed by atoms with E-state index in [0.29, 0.717) is 29.8 Å². The van der Waals surface area contributed by atoms with E-state index in [1.807, 2.05) is 6.07 Å². The lowest BCUT2D eigenvalue weighted by Crippen LogP contribution is -2.30. The van der Waals surface area contributed by atoms with Crippen molar-refractivity contribution < 1.29 is 9.59 Å². The number of carbonyl (C=O) groups is 2. The van der Waals surface area contributed by atoms with E-state index < -0.39 is 0 Å². The standard InChI is InChI=1S/C16H16N2O2/c17-10-11-18-16(20)14-9-5-4-8-13(14)15(19)12-6-2-1-3-7-12/h1-9H,10-11,17H2,(H,18,20). The molecule has 3 N–H and O–H groups in total. The Morgan fingerprint density at radius 3 is 2.15 bits per heavy atom. The number of carbonyl (C=O) groups excluding carboxylic acids is 2. The van der Waals surface area contributed by atoms with Gasteiger partial charge in [-0.15, -0.1) is 0 Å². The van der Waals surface area contributed by atoms with Crippen molar-refractivity contribution in [3.8, 4) is 0 Å². The summed E-state index contributed by atoms with van der Waals surface area (Å²) in [6.45, 7) is 0.743. The normalized spacial score (nSPS) is 10.1. The third kappa shape index (κ3) is 3.10. The highest BCUT2D eigenvalue weighted by Crippen LogP contribution is 2.14. The van der Waals surface area contributed by atoms with Crippen LogP contribution in [0.25, 0.3) is 0 Å². The molecule has 102 valence electrons. The molecule has 4 nitrogen and oxygen atoms in total. The van der Waals surface area contributed by atoms with Crippen LogP contribution in [0, 0.1) is 0 Å². The van der Waals surface area contributed by atoms with Crippen LogP contribution in [-0.2, 0) is 0 Å². The smallest absolute Gasteiger partial charge is 0.252 e. The van der Waals surface area contributed by atoms with Gasteiger partial charge in [0.1, 0.15) is 0 Å². The topological polar surface area (TPSA) is 72.2 Å². The van der Waals surface area contributed by atoms with Gasteiger partial charge in [-0.25, -0.2) is 0 Å². The van der Waals surface area contributed by atoms with Crippen molar-refractivity contribution in [3.05, 3.63) is 71.3 Å². The van der Waals surface area contributed by atoms with Crippen molar-refractivity contribution in [2.45, 2.75) is 0 Å². The number of hydrogen-bond acceptors (Lipinski definition) is 3. The molecular weight excluding hydrogens is 252 g/mol. The molecule has 0 aliphatic rings. The van der Waals surface area contributed by atoms with Gasteiger partial charge >= 0.3 is 0 Å². The lowest BCUT2D eigenvalue weighted by molar-refractivity contribution is 0.0943. The van der Waals surface area contributed by atoms with Crippen LogP contribution in [0.4, 0.5) is 0 Å². The van der Waals surface area contributed by atoms with Crippen LogP contribution in [0.5, 0.6) is 0 Å². The zero-order chi connectivity index (χ0) is 14.4. The molecule has 0 atom stereocenters. The average Bonchev–Trinajstić information content (AvgIpc) is 2.52. The lowest BCUT2D eigenvalue weighted by Gasteiger charge is -2.09. The summed E-state index contributed by atoms with van der Waals surface area (Å²) in [7, 11) is 0. The number of hydrogen-bond donors (Lipinski definition) is 2. The van der Waals surface area contributed by atoms with Gasteiger partial charge in [0.05, 0.1) is 5.56 Å². The van der Waals surface area contributed by atoms with Crippen LogP contribution >= 0.6 is 0 Å². The van der Waals surface area contributed by atoms with Crippen molar-refractivity contribution in [2.24, 2.45) is 5.73 Å². The summed E-state index contributed by atoms with van der Waals surface area (Å²) in [6.07, 6.45) is 0. The Morgan fingerprint density at radius 1 is 0.900 bits per heavy atom. The van der Waals surface area contributed by atoms with Crippen molar-refractivity contribution >= 4 is 11.7 Å². The van der Waals surface area contributed by atoms with Crippen LogP contribution in [0.2, 0.25) is 0 Å². The van der Waals surface area contributed by atoms with Gasteiger partial charge in [0.15, 0.2) is 5.78 Å². The number of rotatable bonds is 5. The van der Waals surface area contributed by atoms with E-state index in [0.717, 1.165) is 0 Å². The predicted molar refractivity (Wildman–Crippen MR) is 77.7 cm³/mol. The summed E-state index contributed by atoms with van der Waals surface area (Å²) in [5, 5.41) is 2.68. The highest BCUT2D eigenvalue weighted by Gasteiger charge is 2.17. The summed E-state index contributed by atoms with van der Waals surface area (Å²) in [5.41, 5.74) is 6.69. The largest absolute Gasteiger partial charge is 0.351 e. The first kappa shape index (κ1) is 14.0. The molecule has 0 aromatic heterocycles. The molecule has 0 saturated heterocycles. The third-order valence-electron chi connectivity index (χ3n) is 2.88. The molecule has 4 heteroatoms. The summed E-state index contributed by atoms with van der Waals surface area (Å²) in [4.78, 5) is 24.5. The molecule has 20 heavy (non-hydrogen) atoms. The maximum atomic E-state index is 12.4. The molecule has 2 rings (SSSR count). The van der Waals surface area contributed by atoms with Crippen LogP contribution in [0.15, 0.2) is 54.6 Å². The number of nitrogens with two attached hydrogens (primary N) is 1. The number of ketones is 1. The van der Waals surface area contributed by atoms with Crippen LogP contribution in [-0.4, -0.2) is 24.8 Å². The van der Waals surface area contributed by atoms with Gasteiger partial charge in [-0.2, -0.15) is 0 Å². The fraction of sp³-hybridized carbons (Fsp3) is 0.125. The molecule has 0 aliphatic carbocycles. The molecule has 0 heterocycles. The van der Waals surface area contributed by atoms with Crippen molar-refractivity contribution in [3.63, 3.8) is 0 Å². The molecule has 0 saturated carbocycles. The van der Waals surface area contributed by atoms with E-state index in [9.17, 15) is 9.59 Å². The van der Waals surface area contributed by atoms with E-state index >= 15 is 0 Å². The maximum absolute atomic E-state index is 12.4. The number of amides is 1. The summed E-state index contributed by atoms with van der Waals surface area (Å²) >= 11 is 0. The van der Waals surface area contributed by atoms with Crippen molar-refractivity contribution in [1.29, 1.82) is 0 Å². The van der Waals surface area contributed by atoms with E-state index in [1.165, 1.54) is 0 Å². The van der Waals surface area contributed by atoms with Gasteiger partial charge in [-0.3, -0.25) is 9.59 Å². The lowest BCUT2D eigenvalue weighted by atomic mass is 9.98. The predicted octanol–water partition coefficient (Wildman–Crippen LogP) is 1.61. The molecule has 0 fully saturated rings. The molecule has 2 aromatic rings. The minimum absolute atomic E-state index is 0.163. The second kappa shape index (κ2) is 6.63. The summed E-state index contributed by atoms with van der Waals surface area (Å²) < 4.78 is 0. The van der Waals surface area contributed by atoms with E-state index in [4.69, 9.17) is 5.73 Å². The Labute approximate surface area is 117 Å². The monoisotopic (exact) mass is 268 g/mol. The first-order chi connectivity index (χ1) is 9.74. The fourth-order valence-electron chi connectivity index (χ4n) is 1.91. The zero-order valence-corrected chi connectivity index (χ0v) is 11.0. The Balaban J connectivity index is 2.33. The molecule has 0 radical (unpaired) electrons. The molecule has 0 aliphatic heterocycles. The fourth-order valence-corrected chi connectivity index (χ4v) is 1.91. The minimum atomic E-state index is -0.282. The number of benzene rings is 2. The average molecular weight is 268 g/mol. The molecule has 1 amide bonds. The molecule has 0 bridgehead atoms. The van der Waals surface area contributed by atoms with Crippen LogP contribution < -0.4 is 11.1 Å². The first-order valence-corrected chi connectivity index (χ1v) is 6.41. The number of nitrogens with one attached hydrogen (secondary N) is 1. The Morgan fingerprint density at radius 2 is 1.50 bits per heavy atom. The van der Waals surface area contributed by atoms with E-state index in [-0.39, 0.29) is 11.7 Å². The van der Waals surface area contributed by atoms with Gasteiger partial charge in [-0.1, -0.05) is 48.5 Å². The Bertz CT molecular complexity index is 609. The minimum Gasteiger partial charge on any atom is -0.351 e. The van der Waals surface area contributed by atoms with Gasteiger partial charge in [0.25, 0.3) is 5.91 Å². The molecule has 0 unspecified atom stereocenters. The zero-order valence-electron chi connectivity index (χ0n) is 11.0. The maximum Gasteiger partial charge on any atom is 0.252 e. The molecule has 0 spiro atoms. The Hall–Kier alpha value is -2.46. The summed E-state index contributed by atoms with van der Waals surface area (Å²) in [6, 6.07) is 15.7. The second-order valence-electron chi connectivity index (χ2n) is 4.29. The summed E-state index contributed by atoms with van der Waals surface area (Å²) in [5.74, 6) is -0.445. The highest BCUT2D eigenvalue weighted by atomic mass is 16.2. The van der Waals surface area contributed by atoms with Crippen LogP contribution in [0.3, 0.4) is 0 Å². The van der Waals surface area contributed by atoms with E-state index in [1.54, 1.807) is 48.5 Å². The Kier molecular flexibility index (Phi) is 4.63. The quantitative estimate of drug-likeness (QED) is 0.809.